The van der Waals surface area contributed by atoms with Gasteiger partial charge in [-0.15, -0.1) is 0 Å². The topological polar surface area (TPSA) is 100 Å². The molecule has 154 valence electrons. The van der Waals surface area contributed by atoms with Crippen LogP contribution in [0.5, 0.6) is 0 Å². The fourth-order valence-electron chi connectivity index (χ4n) is 3.08. The van der Waals surface area contributed by atoms with Crippen LogP contribution in [-0.4, -0.2) is 65.0 Å². The molecular weight excluding hydrogens is 383 g/mol. The normalized spacial score (nSPS) is 18.5. The highest BCUT2D eigenvalue weighted by Crippen LogP contribution is 2.22. The van der Waals surface area contributed by atoms with Crippen molar-refractivity contribution in [3.05, 3.63) is 59.8 Å². The number of rotatable bonds is 6. The van der Waals surface area contributed by atoms with E-state index in [4.69, 9.17) is 9.15 Å². The molecule has 0 radical (unpaired) electrons. The molecule has 2 heterocycles. The second-order valence-electron chi connectivity index (χ2n) is 6.81. The van der Waals surface area contributed by atoms with E-state index < -0.39 is 42.4 Å². The maximum absolute atomic E-state index is 13.1. The molecule has 2 amide bonds. The SMILES string of the molecule is CN(Cc1ccco1)C(=O)COC(=O)C1CC(O)CN1C(=O)c1ccc(F)cc1. The maximum Gasteiger partial charge on any atom is 0.329 e. The Hall–Kier alpha value is -3.20. The number of hydrogen-bond donors (Lipinski definition) is 1. The zero-order valence-corrected chi connectivity index (χ0v) is 15.8. The first-order valence-corrected chi connectivity index (χ1v) is 9.02. The van der Waals surface area contributed by atoms with Gasteiger partial charge in [0.05, 0.1) is 18.9 Å². The number of carbonyl (C=O) groups is 3. The van der Waals surface area contributed by atoms with Gasteiger partial charge in [0.1, 0.15) is 17.6 Å². The standard InChI is InChI=1S/C20H21FN2O6/c1-22(11-16-3-2-8-28-16)18(25)12-29-20(27)17-9-15(24)10-23(17)19(26)13-4-6-14(21)7-5-13/h2-8,15,17,24H,9-12H2,1H3. The molecule has 3 rings (SSSR count). The summed E-state index contributed by atoms with van der Waals surface area (Å²) in [5, 5.41) is 9.92. The van der Waals surface area contributed by atoms with Crippen LogP contribution in [0.3, 0.4) is 0 Å². The van der Waals surface area contributed by atoms with Gasteiger partial charge < -0.3 is 24.1 Å². The van der Waals surface area contributed by atoms with Crippen LogP contribution < -0.4 is 0 Å². The summed E-state index contributed by atoms with van der Waals surface area (Å²) in [6.07, 6.45) is 0.600. The number of benzene rings is 1. The summed E-state index contributed by atoms with van der Waals surface area (Å²) in [5.74, 6) is -1.65. The summed E-state index contributed by atoms with van der Waals surface area (Å²) < 4.78 is 23.3. The number of furan rings is 1. The summed E-state index contributed by atoms with van der Waals surface area (Å²) >= 11 is 0. The Balaban J connectivity index is 1.58. The highest BCUT2D eigenvalue weighted by molar-refractivity contribution is 5.97. The van der Waals surface area contributed by atoms with Crippen molar-refractivity contribution >= 4 is 17.8 Å². The third-order valence-electron chi connectivity index (χ3n) is 4.64. The molecule has 1 fully saturated rings. The maximum atomic E-state index is 13.1. The monoisotopic (exact) mass is 404 g/mol. The van der Waals surface area contributed by atoms with Gasteiger partial charge in [-0.05, 0) is 36.4 Å². The van der Waals surface area contributed by atoms with E-state index in [9.17, 15) is 23.9 Å². The van der Waals surface area contributed by atoms with E-state index in [2.05, 4.69) is 0 Å². The molecule has 0 spiro atoms. The molecule has 2 unspecified atom stereocenters. The molecule has 1 N–H and O–H groups in total. The van der Waals surface area contributed by atoms with Gasteiger partial charge >= 0.3 is 5.97 Å². The first kappa shape index (κ1) is 20.5. The first-order chi connectivity index (χ1) is 13.8. The smallest absolute Gasteiger partial charge is 0.329 e. The molecule has 9 heteroatoms. The predicted octanol–water partition coefficient (Wildman–Crippen LogP) is 1.20. The van der Waals surface area contributed by atoms with Crippen LogP contribution in [0.2, 0.25) is 0 Å². The van der Waals surface area contributed by atoms with E-state index in [-0.39, 0.29) is 25.1 Å². The van der Waals surface area contributed by atoms with Gasteiger partial charge in [-0.25, -0.2) is 9.18 Å². The number of likely N-dealkylation sites (N-methyl/N-ethyl adjacent to an activating group) is 1. The van der Waals surface area contributed by atoms with Crippen molar-refractivity contribution in [2.24, 2.45) is 0 Å². The number of likely N-dealkylation sites (tertiary alicyclic amines) is 1. The van der Waals surface area contributed by atoms with Crippen LogP contribution in [-0.2, 0) is 20.9 Å². The number of amides is 2. The largest absolute Gasteiger partial charge is 0.467 e. The average molecular weight is 404 g/mol. The minimum absolute atomic E-state index is 0.00218. The summed E-state index contributed by atoms with van der Waals surface area (Å²) in [6.45, 7) is -0.329. The van der Waals surface area contributed by atoms with Crippen molar-refractivity contribution in [3.63, 3.8) is 0 Å². The van der Waals surface area contributed by atoms with Gasteiger partial charge in [-0.2, -0.15) is 0 Å². The molecule has 1 aliphatic rings. The van der Waals surface area contributed by atoms with E-state index in [0.717, 1.165) is 12.1 Å². The lowest BCUT2D eigenvalue weighted by atomic mass is 10.1. The van der Waals surface area contributed by atoms with Gasteiger partial charge in [0.25, 0.3) is 11.8 Å². The molecule has 0 bridgehead atoms. The Kier molecular flexibility index (Phi) is 6.28. The van der Waals surface area contributed by atoms with Crippen molar-refractivity contribution in [2.45, 2.75) is 25.1 Å². The minimum Gasteiger partial charge on any atom is -0.467 e. The second-order valence-corrected chi connectivity index (χ2v) is 6.81. The quantitative estimate of drug-likeness (QED) is 0.726. The Morgan fingerprint density at radius 2 is 2.00 bits per heavy atom. The summed E-state index contributed by atoms with van der Waals surface area (Å²) in [4.78, 5) is 39.8. The van der Waals surface area contributed by atoms with Crippen LogP contribution in [0.25, 0.3) is 0 Å². The van der Waals surface area contributed by atoms with Crippen molar-refractivity contribution in [3.8, 4) is 0 Å². The van der Waals surface area contributed by atoms with Crippen molar-refractivity contribution in [1.82, 2.24) is 9.80 Å². The molecule has 1 saturated heterocycles. The zero-order chi connectivity index (χ0) is 21.0. The molecule has 0 saturated carbocycles. The summed E-state index contributed by atoms with van der Waals surface area (Å²) in [7, 11) is 1.54. The third kappa shape index (κ3) is 5.00. The van der Waals surface area contributed by atoms with Crippen LogP contribution in [0.15, 0.2) is 47.1 Å². The molecule has 0 aliphatic carbocycles. The van der Waals surface area contributed by atoms with Gasteiger partial charge in [-0.1, -0.05) is 0 Å². The molecule has 8 nitrogen and oxygen atoms in total. The second kappa shape index (κ2) is 8.87. The number of hydrogen-bond acceptors (Lipinski definition) is 6. The number of β-amino-alcohol motifs (C(OH)–C–C–N with tert-alkyl or cyclic N) is 1. The van der Waals surface area contributed by atoms with E-state index >= 15 is 0 Å². The van der Waals surface area contributed by atoms with Crippen molar-refractivity contribution in [1.29, 1.82) is 0 Å². The Morgan fingerprint density at radius 3 is 2.66 bits per heavy atom. The van der Waals surface area contributed by atoms with Crippen LogP contribution in [0, 0.1) is 5.82 Å². The highest BCUT2D eigenvalue weighted by Gasteiger charge is 2.40. The summed E-state index contributed by atoms with van der Waals surface area (Å²) in [5.41, 5.74) is 0.188. The molecular formula is C20H21FN2O6. The van der Waals surface area contributed by atoms with E-state index in [1.165, 1.54) is 28.2 Å². The summed E-state index contributed by atoms with van der Waals surface area (Å²) in [6, 6.07) is 7.28. The number of nitrogens with zero attached hydrogens (tertiary/aromatic N) is 2. The van der Waals surface area contributed by atoms with Gasteiger partial charge in [0.2, 0.25) is 0 Å². The number of halogens is 1. The van der Waals surface area contributed by atoms with Gasteiger partial charge in [-0.3, -0.25) is 9.59 Å². The van der Waals surface area contributed by atoms with Crippen molar-refractivity contribution in [2.75, 3.05) is 20.2 Å². The Labute approximate surface area is 166 Å². The number of aliphatic hydroxyl groups excluding tert-OH is 1. The van der Waals surface area contributed by atoms with Crippen molar-refractivity contribution < 1.29 is 33.0 Å². The van der Waals surface area contributed by atoms with Gasteiger partial charge in [0.15, 0.2) is 6.61 Å². The van der Waals surface area contributed by atoms with E-state index in [1.807, 2.05) is 0 Å². The molecule has 1 aromatic carbocycles. The van der Waals surface area contributed by atoms with Crippen LogP contribution in [0.4, 0.5) is 4.39 Å². The molecule has 2 atom stereocenters. The number of esters is 1. The zero-order valence-electron chi connectivity index (χ0n) is 15.8. The molecule has 1 aromatic heterocycles. The average Bonchev–Trinajstić information content (AvgIpc) is 3.35. The van der Waals surface area contributed by atoms with Crippen LogP contribution in [0.1, 0.15) is 22.5 Å². The lowest BCUT2D eigenvalue weighted by molar-refractivity contribution is -0.155. The molecule has 1 aliphatic heterocycles. The highest BCUT2D eigenvalue weighted by atomic mass is 19.1. The lowest BCUT2D eigenvalue weighted by Crippen LogP contribution is -2.42. The minimum atomic E-state index is -1.02. The number of aliphatic hydroxyl groups is 1. The van der Waals surface area contributed by atoms with Gasteiger partial charge in [0, 0.05) is 25.6 Å². The fourth-order valence-corrected chi connectivity index (χ4v) is 3.08. The predicted molar refractivity (Wildman–Crippen MR) is 98.0 cm³/mol. The first-order valence-electron chi connectivity index (χ1n) is 9.02. The third-order valence-corrected chi connectivity index (χ3v) is 4.64. The number of carbonyl (C=O) groups excluding carboxylic acids is 3. The fraction of sp³-hybridized carbons (Fsp3) is 0.350. The van der Waals surface area contributed by atoms with E-state index in [1.54, 1.807) is 19.2 Å². The Morgan fingerprint density at radius 1 is 1.28 bits per heavy atom. The van der Waals surface area contributed by atoms with Crippen LogP contribution >= 0.6 is 0 Å². The Bertz CT molecular complexity index is 868. The molecule has 2 aromatic rings. The van der Waals surface area contributed by atoms with E-state index in [0.29, 0.717) is 5.76 Å². The lowest BCUT2D eigenvalue weighted by Gasteiger charge is -2.23. The number of ether oxygens (including phenoxy) is 1. The molecule has 29 heavy (non-hydrogen) atoms.